The van der Waals surface area contributed by atoms with Crippen LogP contribution in [-0.4, -0.2) is 54.1 Å². The average Bonchev–Trinajstić information content (AvgIpc) is 2.48. The van der Waals surface area contributed by atoms with E-state index in [-0.39, 0.29) is 17.5 Å². The molecule has 0 aliphatic carbocycles. The van der Waals surface area contributed by atoms with E-state index < -0.39 is 0 Å². The second kappa shape index (κ2) is 7.72. The van der Waals surface area contributed by atoms with Gasteiger partial charge in [-0.1, -0.05) is 24.0 Å². The molecule has 4 nitrogen and oxygen atoms in total. The summed E-state index contributed by atoms with van der Waals surface area (Å²) in [6.07, 6.45) is 0. The number of rotatable bonds is 3. The zero-order chi connectivity index (χ0) is 15.2. The molecule has 114 valence electrons. The van der Waals surface area contributed by atoms with Crippen LogP contribution in [0.5, 0.6) is 0 Å². The Balaban J connectivity index is 1.73. The molecule has 7 heteroatoms. The van der Waals surface area contributed by atoms with Crippen molar-refractivity contribution in [3.63, 3.8) is 0 Å². The Morgan fingerprint density at radius 2 is 2.00 bits per heavy atom. The number of halogens is 1. The number of nitrogens with zero attached hydrogens (tertiary/aromatic N) is 1. The number of carbonyl (C=O) groups excluding carboxylic acids is 1. The Kier molecular flexibility index (Phi) is 5.96. The third-order valence-electron chi connectivity index (χ3n) is 3.33. The molecule has 21 heavy (non-hydrogen) atoms. The van der Waals surface area contributed by atoms with Crippen LogP contribution in [0.3, 0.4) is 0 Å². The van der Waals surface area contributed by atoms with Gasteiger partial charge in [-0.2, -0.15) is 0 Å². The van der Waals surface area contributed by atoms with E-state index in [0.29, 0.717) is 5.69 Å². The highest BCUT2D eigenvalue weighted by molar-refractivity contribution is 8.23. The van der Waals surface area contributed by atoms with Crippen molar-refractivity contribution in [3.05, 3.63) is 30.1 Å². The van der Waals surface area contributed by atoms with Crippen molar-refractivity contribution in [2.75, 3.05) is 44.3 Å². The van der Waals surface area contributed by atoms with Gasteiger partial charge < -0.3 is 15.1 Å². The molecule has 1 aromatic carbocycles. The maximum absolute atomic E-state index is 12.8. The maximum Gasteiger partial charge on any atom is 0.234 e. The molecule has 1 aliphatic heterocycles. The summed E-state index contributed by atoms with van der Waals surface area (Å²) in [5.41, 5.74) is 0.594. The van der Waals surface area contributed by atoms with Crippen molar-refractivity contribution < 1.29 is 14.1 Å². The number of amides is 1. The van der Waals surface area contributed by atoms with Crippen LogP contribution in [0, 0.1) is 5.82 Å². The molecular weight excluding hydrogens is 309 g/mol. The molecule has 0 unspecified atom stereocenters. The number of anilines is 1. The van der Waals surface area contributed by atoms with Crippen molar-refractivity contribution in [2.45, 2.75) is 0 Å². The molecule has 1 aromatic rings. The summed E-state index contributed by atoms with van der Waals surface area (Å²) in [6.45, 7) is 4.03. The van der Waals surface area contributed by atoms with Gasteiger partial charge in [0.25, 0.3) is 0 Å². The van der Waals surface area contributed by atoms with Crippen LogP contribution in [0.1, 0.15) is 0 Å². The van der Waals surface area contributed by atoms with Crippen molar-refractivity contribution in [1.82, 2.24) is 4.90 Å². The van der Waals surface area contributed by atoms with E-state index in [1.165, 1.54) is 28.8 Å². The summed E-state index contributed by atoms with van der Waals surface area (Å²) in [5.74, 6) is -0.176. The standard InChI is InChI=1S/C14H18FN3OS2/c1-17-6-8-18(9-7-17)14(20)21-10-13(19)16-12-4-2-11(15)3-5-12/h2-5H,6-10H2,1H3,(H,16,19)/p+1. The summed E-state index contributed by atoms with van der Waals surface area (Å²) >= 11 is 6.74. The van der Waals surface area contributed by atoms with Crippen molar-refractivity contribution in [1.29, 1.82) is 0 Å². The SMILES string of the molecule is C[NH+]1CCN(C(=S)SCC(=O)Nc2ccc(F)cc2)CC1. The molecule has 0 radical (unpaired) electrons. The molecule has 1 fully saturated rings. The lowest BCUT2D eigenvalue weighted by molar-refractivity contribution is -0.883. The normalized spacial score (nSPS) is 15.8. The predicted molar refractivity (Wildman–Crippen MR) is 88.3 cm³/mol. The van der Waals surface area contributed by atoms with Crippen LogP contribution in [0.4, 0.5) is 10.1 Å². The first-order valence-electron chi connectivity index (χ1n) is 6.83. The van der Waals surface area contributed by atoms with E-state index in [1.54, 1.807) is 12.1 Å². The van der Waals surface area contributed by atoms with E-state index in [1.807, 2.05) is 0 Å². The summed E-state index contributed by atoms with van der Waals surface area (Å²) in [5, 5.41) is 2.73. The topological polar surface area (TPSA) is 36.8 Å². The monoisotopic (exact) mass is 328 g/mol. The molecule has 2 N–H and O–H groups in total. The predicted octanol–water partition coefficient (Wildman–Crippen LogP) is 0.613. The van der Waals surface area contributed by atoms with Gasteiger partial charge in [0.1, 0.15) is 10.1 Å². The first kappa shape index (κ1) is 16.2. The number of carbonyl (C=O) groups is 1. The molecular formula is C14H19FN3OS2+. The van der Waals surface area contributed by atoms with Crippen LogP contribution >= 0.6 is 24.0 Å². The lowest BCUT2D eigenvalue weighted by Crippen LogP contribution is -3.12. The zero-order valence-electron chi connectivity index (χ0n) is 11.9. The first-order valence-corrected chi connectivity index (χ1v) is 8.22. The molecule has 0 aromatic heterocycles. The second-order valence-corrected chi connectivity index (χ2v) is 6.66. The lowest BCUT2D eigenvalue weighted by atomic mass is 10.3. The summed E-state index contributed by atoms with van der Waals surface area (Å²) in [6, 6.07) is 5.72. The molecule has 2 rings (SSSR count). The van der Waals surface area contributed by atoms with Crippen LogP contribution < -0.4 is 10.2 Å². The number of quaternary nitrogens is 1. The number of thioether (sulfide) groups is 1. The number of piperazine rings is 1. The molecule has 0 atom stereocenters. The fourth-order valence-electron chi connectivity index (χ4n) is 2.02. The van der Waals surface area contributed by atoms with Gasteiger partial charge in [0.2, 0.25) is 5.91 Å². The van der Waals surface area contributed by atoms with E-state index in [4.69, 9.17) is 12.2 Å². The highest BCUT2D eigenvalue weighted by atomic mass is 32.2. The van der Waals surface area contributed by atoms with E-state index in [0.717, 1.165) is 30.5 Å². The second-order valence-electron chi connectivity index (χ2n) is 5.05. The molecule has 1 heterocycles. The van der Waals surface area contributed by atoms with Crippen LogP contribution in [0.15, 0.2) is 24.3 Å². The molecule has 0 spiro atoms. The Hall–Kier alpha value is -1.18. The van der Waals surface area contributed by atoms with Crippen LogP contribution in [-0.2, 0) is 4.79 Å². The van der Waals surface area contributed by atoms with Crippen molar-refractivity contribution >= 4 is 39.9 Å². The number of thiocarbonyl (C=S) groups is 1. The minimum atomic E-state index is -0.319. The van der Waals surface area contributed by atoms with E-state index >= 15 is 0 Å². The summed E-state index contributed by atoms with van der Waals surface area (Å²) in [4.78, 5) is 15.5. The highest BCUT2D eigenvalue weighted by Gasteiger charge is 2.19. The fourth-order valence-corrected chi connectivity index (χ4v) is 3.07. The van der Waals surface area contributed by atoms with Gasteiger partial charge in [0.15, 0.2) is 0 Å². The smallest absolute Gasteiger partial charge is 0.234 e. The van der Waals surface area contributed by atoms with Gasteiger partial charge in [-0.05, 0) is 24.3 Å². The van der Waals surface area contributed by atoms with Gasteiger partial charge in [0.05, 0.1) is 39.0 Å². The Morgan fingerprint density at radius 1 is 1.38 bits per heavy atom. The Morgan fingerprint density at radius 3 is 2.62 bits per heavy atom. The van der Waals surface area contributed by atoms with Gasteiger partial charge >= 0.3 is 0 Å². The summed E-state index contributed by atoms with van der Waals surface area (Å²) < 4.78 is 13.5. The highest BCUT2D eigenvalue weighted by Crippen LogP contribution is 2.12. The lowest BCUT2D eigenvalue weighted by Gasteiger charge is -2.31. The Bertz CT molecular complexity index is 501. The third kappa shape index (κ3) is 5.26. The molecule has 0 bridgehead atoms. The van der Waals surface area contributed by atoms with Gasteiger partial charge in [-0.25, -0.2) is 4.39 Å². The number of likely N-dealkylation sites (N-methyl/N-ethyl adjacent to an activating group) is 1. The largest absolute Gasteiger partial charge is 0.346 e. The number of hydrogen-bond acceptors (Lipinski definition) is 3. The molecule has 0 saturated carbocycles. The van der Waals surface area contributed by atoms with Crippen LogP contribution in [0.25, 0.3) is 0 Å². The fraction of sp³-hybridized carbons (Fsp3) is 0.429. The minimum Gasteiger partial charge on any atom is -0.346 e. The van der Waals surface area contributed by atoms with E-state index in [9.17, 15) is 9.18 Å². The molecule has 1 saturated heterocycles. The average molecular weight is 328 g/mol. The first-order chi connectivity index (χ1) is 10.0. The van der Waals surface area contributed by atoms with Crippen molar-refractivity contribution in [3.8, 4) is 0 Å². The van der Waals surface area contributed by atoms with Gasteiger partial charge in [-0.3, -0.25) is 4.79 Å². The third-order valence-corrected chi connectivity index (χ3v) is 4.85. The minimum absolute atomic E-state index is 0.131. The number of benzene rings is 1. The van der Waals surface area contributed by atoms with E-state index in [2.05, 4.69) is 17.3 Å². The number of hydrogen-bond donors (Lipinski definition) is 2. The van der Waals surface area contributed by atoms with Gasteiger partial charge in [0, 0.05) is 5.69 Å². The molecule has 1 amide bonds. The van der Waals surface area contributed by atoms with Crippen LogP contribution in [0.2, 0.25) is 0 Å². The quantitative estimate of drug-likeness (QED) is 0.798. The molecule has 1 aliphatic rings. The van der Waals surface area contributed by atoms with Crippen molar-refractivity contribution in [2.24, 2.45) is 0 Å². The number of nitrogens with one attached hydrogen (secondary N) is 2. The zero-order valence-corrected chi connectivity index (χ0v) is 13.5. The maximum atomic E-state index is 12.8. The van der Waals surface area contributed by atoms with Gasteiger partial charge in [-0.15, -0.1) is 0 Å². The summed E-state index contributed by atoms with van der Waals surface area (Å²) in [7, 11) is 2.17. The Labute approximate surface area is 133 Å².